The number of methoxy groups -OCH3 is 2. The molecular weight excluding hydrogens is 260 g/mol. The van der Waals surface area contributed by atoms with Gasteiger partial charge in [-0.15, -0.1) is 11.3 Å². The average Bonchev–Trinajstić information content (AvgIpc) is 2.94. The molecule has 4 heteroatoms. The van der Waals surface area contributed by atoms with Gasteiger partial charge in [-0.2, -0.15) is 0 Å². The first-order chi connectivity index (χ1) is 9.19. The molecule has 100 valence electrons. The van der Waals surface area contributed by atoms with E-state index in [4.69, 9.17) is 9.47 Å². The van der Waals surface area contributed by atoms with E-state index in [2.05, 4.69) is 6.92 Å². The summed E-state index contributed by atoms with van der Waals surface area (Å²) in [5.41, 5.74) is 0.534. The number of aryl methyl sites for hydroxylation is 1. The fourth-order valence-electron chi connectivity index (χ4n) is 1.81. The molecule has 0 amide bonds. The van der Waals surface area contributed by atoms with Crippen LogP contribution in [0.2, 0.25) is 0 Å². The minimum absolute atomic E-state index is 0.0274. The monoisotopic (exact) mass is 276 g/mol. The van der Waals surface area contributed by atoms with E-state index in [0.717, 1.165) is 11.3 Å². The Morgan fingerprint density at radius 3 is 2.53 bits per heavy atom. The van der Waals surface area contributed by atoms with Gasteiger partial charge in [0.15, 0.2) is 0 Å². The third-order valence-corrected chi connectivity index (χ3v) is 4.11. The Morgan fingerprint density at radius 2 is 1.95 bits per heavy atom. The summed E-state index contributed by atoms with van der Waals surface area (Å²) < 4.78 is 10.4. The van der Waals surface area contributed by atoms with Gasteiger partial charge in [-0.1, -0.05) is 6.92 Å². The molecule has 1 heterocycles. The van der Waals surface area contributed by atoms with Crippen LogP contribution in [0.5, 0.6) is 11.5 Å². The van der Waals surface area contributed by atoms with E-state index in [1.165, 1.54) is 16.2 Å². The Morgan fingerprint density at radius 1 is 1.16 bits per heavy atom. The van der Waals surface area contributed by atoms with Gasteiger partial charge in [0.05, 0.1) is 24.7 Å². The third-order valence-electron chi connectivity index (χ3n) is 2.89. The van der Waals surface area contributed by atoms with Crippen molar-refractivity contribution in [1.82, 2.24) is 0 Å². The van der Waals surface area contributed by atoms with Crippen molar-refractivity contribution in [1.29, 1.82) is 0 Å². The Balaban J connectivity index is 2.41. The number of carbonyl (C=O) groups is 1. The zero-order chi connectivity index (χ0) is 13.8. The third kappa shape index (κ3) is 2.79. The maximum Gasteiger partial charge on any atom is 0.206 e. The number of ether oxygens (including phenoxy) is 2. The molecule has 0 radical (unpaired) electrons. The second-order valence-corrected chi connectivity index (χ2v) is 5.18. The van der Waals surface area contributed by atoms with Crippen LogP contribution in [0.25, 0.3) is 0 Å². The van der Waals surface area contributed by atoms with Crippen LogP contribution >= 0.6 is 11.3 Å². The number of ketones is 1. The normalized spacial score (nSPS) is 10.3. The zero-order valence-corrected chi connectivity index (χ0v) is 12.0. The molecule has 0 saturated heterocycles. The van der Waals surface area contributed by atoms with Crippen LogP contribution in [0.15, 0.2) is 30.3 Å². The molecule has 0 aliphatic rings. The standard InChI is InChI=1S/C15H16O3S/c1-4-11-6-8-14(19-11)15(16)12-9-10(17-2)5-7-13(12)18-3/h5-9H,4H2,1-3H3. The molecule has 0 aliphatic heterocycles. The summed E-state index contributed by atoms with van der Waals surface area (Å²) in [7, 11) is 3.14. The maximum atomic E-state index is 12.5. The molecule has 3 nitrogen and oxygen atoms in total. The number of hydrogen-bond donors (Lipinski definition) is 0. The maximum absolute atomic E-state index is 12.5. The van der Waals surface area contributed by atoms with Gasteiger partial charge in [0.1, 0.15) is 11.5 Å². The summed E-state index contributed by atoms with van der Waals surface area (Å²) in [5, 5.41) is 0. The number of thiophene rings is 1. The predicted octanol–water partition coefficient (Wildman–Crippen LogP) is 3.56. The molecule has 0 saturated carbocycles. The Bertz CT molecular complexity index is 587. The van der Waals surface area contributed by atoms with Gasteiger partial charge in [0.2, 0.25) is 5.78 Å². The lowest BCUT2D eigenvalue weighted by Gasteiger charge is -2.08. The van der Waals surface area contributed by atoms with Gasteiger partial charge in [0, 0.05) is 4.88 Å². The topological polar surface area (TPSA) is 35.5 Å². The number of benzene rings is 1. The van der Waals surface area contributed by atoms with Crippen LogP contribution in [-0.2, 0) is 6.42 Å². The van der Waals surface area contributed by atoms with Gasteiger partial charge in [-0.05, 0) is 36.8 Å². The minimum Gasteiger partial charge on any atom is -0.497 e. The number of carbonyl (C=O) groups excluding carboxylic acids is 1. The molecule has 1 aromatic heterocycles. The largest absolute Gasteiger partial charge is 0.497 e. The summed E-state index contributed by atoms with van der Waals surface area (Å²) in [6.45, 7) is 2.08. The van der Waals surface area contributed by atoms with Gasteiger partial charge < -0.3 is 9.47 Å². The van der Waals surface area contributed by atoms with Crippen LogP contribution in [-0.4, -0.2) is 20.0 Å². The molecule has 2 rings (SSSR count). The smallest absolute Gasteiger partial charge is 0.206 e. The number of rotatable bonds is 5. The summed E-state index contributed by atoms with van der Waals surface area (Å²) in [6.07, 6.45) is 0.938. The fourth-order valence-corrected chi connectivity index (χ4v) is 2.72. The lowest BCUT2D eigenvalue weighted by molar-refractivity contribution is 0.103. The van der Waals surface area contributed by atoms with Crippen LogP contribution in [0.3, 0.4) is 0 Å². The van der Waals surface area contributed by atoms with Crippen molar-refractivity contribution >= 4 is 17.1 Å². The summed E-state index contributed by atoms with van der Waals surface area (Å²) in [4.78, 5) is 14.4. The van der Waals surface area contributed by atoms with Crippen LogP contribution in [0, 0.1) is 0 Å². The summed E-state index contributed by atoms with van der Waals surface area (Å²) in [5.74, 6) is 1.19. The highest BCUT2D eigenvalue weighted by Gasteiger charge is 2.17. The van der Waals surface area contributed by atoms with E-state index < -0.39 is 0 Å². The van der Waals surface area contributed by atoms with Crippen molar-refractivity contribution in [3.05, 3.63) is 45.6 Å². The SMILES string of the molecule is CCc1ccc(C(=O)c2cc(OC)ccc2OC)s1. The first-order valence-electron chi connectivity index (χ1n) is 6.05. The highest BCUT2D eigenvalue weighted by Crippen LogP contribution is 2.28. The Labute approximate surface area is 116 Å². The second-order valence-electron chi connectivity index (χ2n) is 4.01. The Hall–Kier alpha value is -1.81. The van der Waals surface area contributed by atoms with Crippen molar-refractivity contribution in [3.63, 3.8) is 0 Å². The van der Waals surface area contributed by atoms with E-state index in [1.54, 1.807) is 32.4 Å². The van der Waals surface area contributed by atoms with Crippen molar-refractivity contribution < 1.29 is 14.3 Å². The van der Waals surface area contributed by atoms with Crippen molar-refractivity contribution in [2.45, 2.75) is 13.3 Å². The lowest BCUT2D eigenvalue weighted by atomic mass is 10.1. The molecule has 0 unspecified atom stereocenters. The predicted molar refractivity (Wildman–Crippen MR) is 76.7 cm³/mol. The van der Waals surface area contributed by atoms with Gasteiger partial charge in [-0.25, -0.2) is 0 Å². The summed E-state index contributed by atoms with van der Waals surface area (Å²) in [6, 6.07) is 9.10. The van der Waals surface area contributed by atoms with Crippen LogP contribution < -0.4 is 9.47 Å². The van der Waals surface area contributed by atoms with Crippen LogP contribution in [0.1, 0.15) is 27.0 Å². The van der Waals surface area contributed by atoms with Crippen molar-refractivity contribution in [2.75, 3.05) is 14.2 Å². The molecule has 0 N–H and O–H groups in total. The lowest BCUT2D eigenvalue weighted by Crippen LogP contribution is -2.02. The van der Waals surface area contributed by atoms with Gasteiger partial charge >= 0.3 is 0 Å². The van der Waals surface area contributed by atoms with E-state index in [-0.39, 0.29) is 5.78 Å². The van der Waals surface area contributed by atoms with Crippen LogP contribution in [0.4, 0.5) is 0 Å². The summed E-state index contributed by atoms with van der Waals surface area (Å²) >= 11 is 1.52. The quantitative estimate of drug-likeness (QED) is 0.783. The highest BCUT2D eigenvalue weighted by atomic mass is 32.1. The second kappa shape index (κ2) is 5.89. The molecule has 19 heavy (non-hydrogen) atoms. The molecule has 0 atom stereocenters. The first kappa shape index (κ1) is 13.6. The number of hydrogen-bond acceptors (Lipinski definition) is 4. The molecule has 0 aliphatic carbocycles. The molecule has 0 bridgehead atoms. The van der Waals surface area contributed by atoms with Gasteiger partial charge in [-0.3, -0.25) is 4.79 Å². The minimum atomic E-state index is -0.0274. The van der Waals surface area contributed by atoms with E-state index in [0.29, 0.717) is 17.1 Å². The molecule has 1 aromatic carbocycles. The van der Waals surface area contributed by atoms with Gasteiger partial charge in [0.25, 0.3) is 0 Å². The highest BCUT2D eigenvalue weighted by molar-refractivity contribution is 7.14. The average molecular weight is 276 g/mol. The van der Waals surface area contributed by atoms with E-state index >= 15 is 0 Å². The van der Waals surface area contributed by atoms with Crippen molar-refractivity contribution in [3.8, 4) is 11.5 Å². The fraction of sp³-hybridized carbons (Fsp3) is 0.267. The zero-order valence-electron chi connectivity index (χ0n) is 11.2. The molecule has 0 fully saturated rings. The molecular formula is C15H16O3S. The molecule has 2 aromatic rings. The van der Waals surface area contributed by atoms with Crippen molar-refractivity contribution in [2.24, 2.45) is 0 Å². The van der Waals surface area contributed by atoms with E-state index in [9.17, 15) is 4.79 Å². The first-order valence-corrected chi connectivity index (χ1v) is 6.86. The Kier molecular flexibility index (Phi) is 4.22. The molecule has 0 spiro atoms. The van der Waals surface area contributed by atoms with E-state index in [1.807, 2.05) is 12.1 Å².